The predicted molar refractivity (Wildman–Crippen MR) is 88.4 cm³/mol. The summed E-state index contributed by atoms with van der Waals surface area (Å²) in [6, 6.07) is 14.4. The van der Waals surface area contributed by atoms with Gasteiger partial charge in [0, 0.05) is 10.0 Å². The maximum atomic E-state index is 12.2. The molecule has 2 aromatic carbocycles. The number of benzene rings is 2. The Labute approximate surface area is 140 Å². The molecule has 0 fully saturated rings. The third-order valence-electron chi connectivity index (χ3n) is 3.08. The second-order valence-corrected chi connectivity index (χ2v) is 5.43. The van der Waals surface area contributed by atoms with Gasteiger partial charge in [0.05, 0.1) is 12.8 Å². The number of para-hydroxylation sites is 1. The van der Waals surface area contributed by atoms with Crippen molar-refractivity contribution in [2.75, 3.05) is 12.4 Å². The molecule has 0 spiro atoms. The number of methoxy groups -OCH3 is 1. The molecule has 3 rings (SSSR count). The quantitative estimate of drug-likeness (QED) is 0.753. The van der Waals surface area contributed by atoms with Crippen LogP contribution < -0.4 is 10.1 Å². The van der Waals surface area contributed by atoms with E-state index < -0.39 is 5.91 Å². The molecule has 0 bridgehead atoms. The molecule has 0 atom stereocenters. The second kappa shape index (κ2) is 6.62. The number of amides is 1. The lowest BCUT2D eigenvalue weighted by molar-refractivity contribution is 0.0991. The van der Waals surface area contributed by atoms with Crippen LogP contribution in [0.25, 0.3) is 11.5 Å². The molecule has 1 amide bonds. The Kier molecular flexibility index (Phi) is 4.38. The van der Waals surface area contributed by atoms with Crippen LogP contribution in [0.2, 0.25) is 0 Å². The maximum Gasteiger partial charge on any atom is 0.313 e. The first-order chi connectivity index (χ1) is 11.2. The van der Waals surface area contributed by atoms with Crippen molar-refractivity contribution in [3.8, 4) is 17.2 Å². The van der Waals surface area contributed by atoms with Gasteiger partial charge in [-0.1, -0.05) is 12.1 Å². The topological polar surface area (TPSA) is 77.2 Å². The molecule has 0 saturated carbocycles. The van der Waals surface area contributed by atoms with Gasteiger partial charge < -0.3 is 14.5 Å². The van der Waals surface area contributed by atoms with Crippen molar-refractivity contribution in [2.24, 2.45) is 0 Å². The minimum absolute atomic E-state index is 0.105. The highest BCUT2D eigenvalue weighted by atomic mass is 79.9. The highest BCUT2D eigenvalue weighted by molar-refractivity contribution is 9.10. The van der Waals surface area contributed by atoms with Crippen molar-refractivity contribution >= 4 is 27.5 Å². The Morgan fingerprint density at radius 3 is 2.57 bits per heavy atom. The molecule has 6 nitrogen and oxygen atoms in total. The third kappa shape index (κ3) is 3.40. The van der Waals surface area contributed by atoms with Crippen LogP contribution in [0.1, 0.15) is 10.7 Å². The Bertz CT molecular complexity index is 831. The summed E-state index contributed by atoms with van der Waals surface area (Å²) in [4.78, 5) is 12.2. The molecule has 3 aromatic rings. The molecule has 1 heterocycles. The average molecular weight is 374 g/mol. The first kappa shape index (κ1) is 15.2. The smallest absolute Gasteiger partial charge is 0.313 e. The summed E-state index contributed by atoms with van der Waals surface area (Å²) in [7, 11) is 1.59. The first-order valence-corrected chi connectivity index (χ1v) is 7.50. The Morgan fingerprint density at radius 2 is 1.87 bits per heavy atom. The zero-order chi connectivity index (χ0) is 16.2. The van der Waals surface area contributed by atoms with Gasteiger partial charge in [-0.2, -0.15) is 0 Å². The van der Waals surface area contributed by atoms with Gasteiger partial charge in [-0.25, -0.2) is 0 Å². The minimum atomic E-state index is -0.468. The Balaban J connectivity index is 1.78. The highest BCUT2D eigenvalue weighted by Gasteiger charge is 2.16. The zero-order valence-electron chi connectivity index (χ0n) is 12.1. The number of ether oxygens (including phenoxy) is 1. The van der Waals surface area contributed by atoms with E-state index >= 15 is 0 Å². The van der Waals surface area contributed by atoms with Gasteiger partial charge in [0.15, 0.2) is 0 Å². The van der Waals surface area contributed by atoms with E-state index in [1.165, 1.54) is 0 Å². The van der Waals surface area contributed by atoms with Gasteiger partial charge in [-0.15, -0.1) is 10.2 Å². The van der Waals surface area contributed by atoms with E-state index in [0.29, 0.717) is 11.3 Å². The third-order valence-corrected chi connectivity index (χ3v) is 3.77. The van der Waals surface area contributed by atoms with E-state index in [1.807, 2.05) is 18.2 Å². The molecule has 0 unspecified atom stereocenters. The Morgan fingerprint density at radius 1 is 1.13 bits per heavy atom. The molecule has 0 radical (unpaired) electrons. The van der Waals surface area contributed by atoms with Crippen LogP contribution in [0, 0.1) is 0 Å². The lowest BCUT2D eigenvalue weighted by Gasteiger charge is -2.03. The van der Waals surface area contributed by atoms with Crippen LogP contribution in [0.15, 0.2) is 57.4 Å². The number of hydrogen-bond acceptors (Lipinski definition) is 5. The lowest BCUT2D eigenvalue weighted by atomic mass is 10.2. The van der Waals surface area contributed by atoms with Crippen LogP contribution in [-0.2, 0) is 0 Å². The molecule has 1 aromatic heterocycles. The van der Waals surface area contributed by atoms with Crippen LogP contribution >= 0.6 is 15.9 Å². The summed E-state index contributed by atoms with van der Waals surface area (Å²) >= 11 is 3.36. The molecular weight excluding hydrogens is 362 g/mol. The number of carbonyl (C=O) groups is 1. The van der Waals surface area contributed by atoms with Crippen molar-refractivity contribution in [3.63, 3.8) is 0 Å². The summed E-state index contributed by atoms with van der Waals surface area (Å²) in [6.45, 7) is 0. The number of rotatable bonds is 4. The highest BCUT2D eigenvalue weighted by Crippen LogP contribution is 2.23. The summed E-state index contributed by atoms with van der Waals surface area (Å²) in [6.07, 6.45) is 0. The van der Waals surface area contributed by atoms with Crippen LogP contribution in [0.5, 0.6) is 5.75 Å². The Hall–Kier alpha value is -2.67. The monoisotopic (exact) mass is 373 g/mol. The number of nitrogens with zero attached hydrogens (tertiary/aromatic N) is 2. The van der Waals surface area contributed by atoms with Crippen LogP contribution in [0.3, 0.4) is 0 Å². The number of aromatic nitrogens is 2. The summed E-state index contributed by atoms with van der Waals surface area (Å²) < 4.78 is 11.3. The molecule has 0 aliphatic rings. The van der Waals surface area contributed by atoms with Crippen LogP contribution in [0.4, 0.5) is 5.69 Å². The van der Waals surface area contributed by atoms with Gasteiger partial charge in [-0.05, 0) is 52.3 Å². The van der Waals surface area contributed by atoms with Gasteiger partial charge in [0.25, 0.3) is 0 Å². The molecule has 0 saturated heterocycles. The number of hydrogen-bond donors (Lipinski definition) is 1. The molecule has 0 aliphatic carbocycles. The fraction of sp³-hybridized carbons (Fsp3) is 0.0625. The molecular formula is C16H12BrN3O3. The number of halogens is 1. The van der Waals surface area contributed by atoms with E-state index in [1.54, 1.807) is 37.4 Å². The molecule has 23 heavy (non-hydrogen) atoms. The van der Waals surface area contributed by atoms with Gasteiger partial charge in [0.1, 0.15) is 5.75 Å². The molecule has 0 aliphatic heterocycles. The standard InChI is InChI=1S/C16H12BrN3O3/c1-22-11-8-6-10(7-9-11)15-19-20-16(23-15)14(21)18-13-5-3-2-4-12(13)17/h2-9H,1H3,(H,18,21). The minimum Gasteiger partial charge on any atom is -0.497 e. The normalized spacial score (nSPS) is 10.3. The first-order valence-electron chi connectivity index (χ1n) is 6.71. The van der Waals surface area contributed by atoms with Crippen molar-refractivity contribution in [2.45, 2.75) is 0 Å². The molecule has 1 N–H and O–H groups in total. The SMILES string of the molecule is COc1ccc(-c2nnc(C(=O)Nc3ccccc3Br)o2)cc1. The van der Waals surface area contributed by atoms with Crippen molar-refractivity contribution < 1.29 is 13.9 Å². The van der Waals surface area contributed by atoms with Crippen molar-refractivity contribution in [3.05, 3.63) is 58.9 Å². The summed E-state index contributed by atoms with van der Waals surface area (Å²) in [5, 5.41) is 10.4. The fourth-order valence-electron chi connectivity index (χ4n) is 1.90. The predicted octanol–water partition coefficient (Wildman–Crippen LogP) is 3.76. The number of nitrogens with one attached hydrogen (secondary N) is 1. The van der Waals surface area contributed by atoms with Crippen molar-refractivity contribution in [1.29, 1.82) is 0 Å². The summed E-state index contributed by atoms with van der Waals surface area (Å²) in [5.74, 6) is 0.417. The zero-order valence-corrected chi connectivity index (χ0v) is 13.7. The van der Waals surface area contributed by atoms with E-state index in [9.17, 15) is 4.79 Å². The van der Waals surface area contributed by atoms with E-state index in [-0.39, 0.29) is 11.8 Å². The van der Waals surface area contributed by atoms with E-state index in [2.05, 4.69) is 31.4 Å². The van der Waals surface area contributed by atoms with E-state index in [4.69, 9.17) is 9.15 Å². The molecule has 7 heteroatoms. The second-order valence-electron chi connectivity index (χ2n) is 4.57. The van der Waals surface area contributed by atoms with Gasteiger partial charge in [-0.3, -0.25) is 4.79 Å². The van der Waals surface area contributed by atoms with Gasteiger partial charge in [0.2, 0.25) is 5.89 Å². The largest absolute Gasteiger partial charge is 0.497 e. The lowest BCUT2D eigenvalue weighted by Crippen LogP contribution is -2.12. The number of anilines is 1. The molecule has 116 valence electrons. The average Bonchev–Trinajstić information content (AvgIpc) is 3.07. The van der Waals surface area contributed by atoms with E-state index in [0.717, 1.165) is 10.2 Å². The maximum absolute atomic E-state index is 12.2. The number of carbonyl (C=O) groups excluding carboxylic acids is 1. The fourth-order valence-corrected chi connectivity index (χ4v) is 2.29. The van der Waals surface area contributed by atoms with Gasteiger partial charge >= 0.3 is 11.8 Å². The summed E-state index contributed by atoms with van der Waals surface area (Å²) in [5.41, 5.74) is 1.33. The van der Waals surface area contributed by atoms with Crippen molar-refractivity contribution in [1.82, 2.24) is 10.2 Å². The van der Waals surface area contributed by atoms with Crippen LogP contribution in [-0.4, -0.2) is 23.2 Å².